The predicted molar refractivity (Wildman–Crippen MR) is 144 cm³/mol. The number of hydrogen-bond donors (Lipinski definition) is 2. The third-order valence-corrected chi connectivity index (χ3v) is 6.71. The lowest BCUT2D eigenvalue weighted by Gasteiger charge is -2.19. The van der Waals surface area contributed by atoms with Crippen molar-refractivity contribution in [2.75, 3.05) is 16.3 Å². The molecule has 5 rings (SSSR count). The molecule has 0 spiro atoms. The van der Waals surface area contributed by atoms with Crippen molar-refractivity contribution in [3.63, 3.8) is 0 Å². The largest absolute Gasteiger partial charge is 0.355 e. The molecule has 0 radical (unpaired) electrons. The van der Waals surface area contributed by atoms with Gasteiger partial charge in [0.05, 0.1) is 23.3 Å². The fourth-order valence-corrected chi connectivity index (χ4v) is 4.82. The summed E-state index contributed by atoms with van der Waals surface area (Å²) in [5, 5.41) is 3.36. The van der Waals surface area contributed by atoms with Gasteiger partial charge in [-0.1, -0.05) is 23.7 Å². The molecule has 1 fully saturated rings. The van der Waals surface area contributed by atoms with Crippen LogP contribution in [0.5, 0.6) is 0 Å². The van der Waals surface area contributed by atoms with E-state index in [1.165, 1.54) is 32.9 Å². The Kier molecular flexibility index (Phi) is 5.63. The number of hydrogen-bond acceptors (Lipinski definition) is 6. The maximum atomic E-state index is 13.7. The van der Waals surface area contributed by atoms with Gasteiger partial charge in [0.2, 0.25) is 10.0 Å². The van der Waals surface area contributed by atoms with Gasteiger partial charge in [-0.3, -0.25) is 23.4 Å². The number of nitrogens with zero attached hydrogens (tertiary/aromatic N) is 3. The second-order valence-corrected chi connectivity index (χ2v) is 10.8. The van der Waals surface area contributed by atoms with Crippen molar-refractivity contribution >= 4 is 51.4 Å². The van der Waals surface area contributed by atoms with Crippen LogP contribution in [0.1, 0.15) is 18.9 Å². The van der Waals surface area contributed by atoms with Crippen LogP contribution in [0.3, 0.4) is 0 Å². The number of anilines is 3. The molecule has 36 heavy (non-hydrogen) atoms. The van der Waals surface area contributed by atoms with Gasteiger partial charge in [-0.25, -0.2) is 17.8 Å². The van der Waals surface area contributed by atoms with Gasteiger partial charge in [0.1, 0.15) is 18.9 Å². The van der Waals surface area contributed by atoms with Crippen LogP contribution in [-0.4, -0.2) is 36.2 Å². The van der Waals surface area contributed by atoms with E-state index < -0.39 is 26.8 Å². The summed E-state index contributed by atoms with van der Waals surface area (Å²) in [7, 11) is -0.113. The first-order valence-electron chi connectivity index (χ1n) is 11.4. The number of benzene rings is 2. The normalized spacial score (nSPS) is 13.6. The highest BCUT2D eigenvalue weighted by Gasteiger charge is 2.31. The molecule has 1 aliphatic carbocycles. The van der Waals surface area contributed by atoms with Gasteiger partial charge in [-0.05, 0) is 43.2 Å². The fourth-order valence-electron chi connectivity index (χ4n) is 4.26. The molecule has 0 amide bonds. The van der Waals surface area contributed by atoms with Gasteiger partial charge >= 0.3 is 5.69 Å². The fraction of sp³-hybridized carbons (Fsp3) is 0.208. The van der Waals surface area contributed by atoms with Gasteiger partial charge in [-0.2, -0.15) is 0 Å². The molecule has 10 nitrogen and oxygen atoms in total. The number of sulfonamides is 1. The minimum Gasteiger partial charge on any atom is -0.355 e. The Balaban J connectivity index is 1.85. The average molecular weight is 505 g/mol. The highest BCUT2D eigenvalue weighted by atomic mass is 32.2. The highest BCUT2D eigenvalue weighted by molar-refractivity contribution is 7.92. The van der Waals surface area contributed by atoms with Crippen LogP contribution in [0, 0.1) is 0 Å². The zero-order valence-electron chi connectivity index (χ0n) is 20.0. The molecule has 2 aromatic carbocycles. The smallest absolute Gasteiger partial charge is 0.337 e. The quantitative estimate of drug-likeness (QED) is 0.369. The van der Waals surface area contributed by atoms with Crippen molar-refractivity contribution in [3.8, 4) is 5.69 Å². The Morgan fingerprint density at radius 1 is 0.972 bits per heavy atom. The Bertz CT molecular complexity index is 1800. The number of pyridine rings is 1. The molecule has 0 aliphatic heterocycles. The maximum absolute atomic E-state index is 13.7. The number of fused-ring (bicyclic) bond motifs is 1. The van der Waals surface area contributed by atoms with Crippen molar-refractivity contribution in [3.05, 3.63) is 85.8 Å². The maximum Gasteiger partial charge on any atom is 0.337 e. The minimum absolute atomic E-state index is 0.112. The molecular weight excluding hydrogens is 481 g/mol. The first kappa shape index (κ1) is 23.7. The third kappa shape index (κ3) is 4.35. The van der Waals surface area contributed by atoms with Crippen LogP contribution in [0.2, 0.25) is 0 Å². The molecular formula is C24H24BN5O5S. The van der Waals surface area contributed by atoms with Crippen LogP contribution in [0.4, 0.5) is 17.1 Å². The van der Waals surface area contributed by atoms with Crippen LogP contribution in [0.25, 0.3) is 16.7 Å². The van der Waals surface area contributed by atoms with E-state index >= 15 is 0 Å². The molecule has 0 atom stereocenters. The summed E-state index contributed by atoms with van der Waals surface area (Å²) >= 11 is 0. The number of rotatable bonds is 6. The van der Waals surface area contributed by atoms with Crippen molar-refractivity contribution in [2.45, 2.75) is 18.9 Å². The summed E-state index contributed by atoms with van der Waals surface area (Å²) in [5.74, 6) is 0. The highest BCUT2D eigenvalue weighted by Crippen LogP contribution is 2.33. The topological polar surface area (TPSA) is 124 Å². The monoisotopic (exact) mass is 505 g/mol. The van der Waals surface area contributed by atoms with Crippen molar-refractivity contribution in [2.24, 2.45) is 7.05 Å². The van der Waals surface area contributed by atoms with E-state index in [1.54, 1.807) is 18.2 Å². The Morgan fingerprint density at radius 3 is 2.31 bits per heavy atom. The van der Waals surface area contributed by atoms with E-state index in [9.17, 15) is 22.8 Å². The average Bonchev–Trinajstić information content (AvgIpc) is 3.63. The summed E-state index contributed by atoms with van der Waals surface area (Å²) in [6.07, 6.45) is 2.42. The van der Waals surface area contributed by atoms with Crippen LogP contribution < -0.4 is 32.3 Å². The lowest BCUT2D eigenvalue weighted by atomic mass is 9.96. The van der Waals surface area contributed by atoms with E-state index in [0.29, 0.717) is 24.2 Å². The van der Waals surface area contributed by atoms with E-state index in [4.69, 9.17) is 0 Å². The summed E-state index contributed by atoms with van der Waals surface area (Å²) in [6, 6.07) is 14.9. The van der Waals surface area contributed by atoms with Crippen LogP contribution >= 0.6 is 0 Å². The van der Waals surface area contributed by atoms with E-state index in [2.05, 4.69) is 10.0 Å². The van der Waals surface area contributed by atoms with Gasteiger partial charge in [0.25, 0.3) is 11.1 Å². The summed E-state index contributed by atoms with van der Waals surface area (Å²) in [6.45, 7) is 0. The van der Waals surface area contributed by atoms with Gasteiger partial charge in [0, 0.05) is 24.8 Å². The minimum atomic E-state index is -3.56. The Hall–Kier alpha value is -4.06. The molecule has 12 heteroatoms. The van der Waals surface area contributed by atoms with E-state index in [0.717, 1.165) is 11.7 Å². The Labute approximate surface area is 207 Å². The number of nitrogens with one attached hydrogen (secondary N) is 2. The standard InChI is InChI=1S/C24H24BN5O5S/c1-28-20(31)13-19(26-15-8-6-14(25)7-9-15)21-22(28)29(24(33)30(23(21)32)17-10-11-17)18-5-3-4-16(12-18)27-36(2,34)35/h3-9,12-13,17,26-27H,10-11,25H2,1-2H3. The van der Waals surface area contributed by atoms with Crippen molar-refractivity contribution in [1.82, 2.24) is 13.7 Å². The van der Waals surface area contributed by atoms with Gasteiger partial charge in [0.15, 0.2) is 0 Å². The summed E-state index contributed by atoms with van der Waals surface area (Å²) in [5.41, 5.74) is 1.22. The third-order valence-electron chi connectivity index (χ3n) is 6.10. The number of aromatic nitrogens is 3. The first-order valence-corrected chi connectivity index (χ1v) is 13.3. The SMILES string of the molecule is Bc1ccc(Nc2cc(=O)n(C)c3c2c(=O)n(C2CC2)c(=O)n3-c2cccc(NS(C)(=O)=O)c2)cc1. The molecule has 184 valence electrons. The molecule has 2 N–H and O–H groups in total. The second-order valence-electron chi connectivity index (χ2n) is 9.09. The van der Waals surface area contributed by atoms with Gasteiger partial charge < -0.3 is 5.32 Å². The molecule has 1 aliphatic rings. The molecule has 0 bridgehead atoms. The molecule has 4 aromatic rings. The second kappa shape index (κ2) is 8.56. The summed E-state index contributed by atoms with van der Waals surface area (Å²) < 4.78 is 29.7. The molecule has 2 aromatic heterocycles. The molecule has 1 saturated carbocycles. The number of aryl methyl sites for hydroxylation is 1. The lowest BCUT2D eigenvalue weighted by molar-refractivity contribution is 0.607. The predicted octanol–water partition coefficient (Wildman–Crippen LogP) is 0.559. The molecule has 2 heterocycles. The summed E-state index contributed by atoms with van der Waals surface area (Å²) in [4.78, 5) is 40.4. The van der Waals surface area contributed by atoms with Gasteiger partial charge in [-0.15, -0.1) is 0 Å². The first-order chi connectivity index (χ1) is 17.0. The molecule has 0 unspecified atom stereocenters. The Morgan fingerprint density at radius 2 is 1.67 bits per heavy atom. The zero-order chi connectivity index (χ0) is 25.8. The zero-order valence-corrected chi connectivity index (χ0v) is 20.8. The van der Waals surface area contributed by atoms with Crippen molar-refractivity contribution in [1.29, 1.82) is 0 Å². The van der Waals surface area contributed by atoms with Crippen molar-refractivity contribution < 1.29 is 8.42 Å². The van der Waals surface area contributed by atoms with Crippen LogP contribution in [-0.2, 0) is 17.1 Å². The van der Waals surface area contributed by atoms with Crippen LogP contribution in [0.15, 0.2) is 69.0 Å². The van der Waals surface area contributed by atoms with E-state index in [-0.39, 0.29) is 28.5 Å². The van der Waals surface area contributed by atoms with E-state index in [1.807, 2.05) is 32.1 Å². The molecule has 0 saturated heterocycles. The lowest BCUT2D eigenvalue weighted by Crippen LogP contribution is -2.41.